The quantitative estimate of drug-likeness (QED) is 0.785. The van der Waals surface area contributed by atoms with E-state index in [-0.39, 0.29) is 17.5 Å². The van der Waals surface area contributed by atoms with Gasteiger partial charge in [-0.25, -0.2) is 4.39 Å². The van der Waals surface area contributed by atoms with Crippen LogP contribution in [0.2, 0.25) is 0 Å². The van der Waals surface area contributed by atoms with Crippen LogP contribution in [-0.4, -0.2) is 23.0 Å². The summed E-state index contributed by atoms with van der Waals surface area (Å²) in [6.45, 7) is 0.617. The summed E-state index contributed by atoms with van der Waals surface area (Å²) < 4.78 is 52.4. The summed E-state index contributed by atoms with van der Waals surface area (Å²) in [5.41, 5.74) is -0.284. The fraction of sp³-hybridized carbons (Fsp3) is 0.368. The van der Waals surface area contributed by atoms with Crippen LogP contribution in [0, 0.1) is 5.82 Å². The Morgan fingerprint density at radius 1 is 1.15 bits per heavy atom. The molecule has 0 aliphatic carbocycles. The van der Waals surface area contributed by atoms with E-state index in [1.54, 1.807) is 6.07 Å². The molecule has 2 atom stereocenters. The van der Waals surface area contributed by atoms with Gasteiger partial charge in [0.2, 0.25) is 5.91 Å². The third-order valence-electron chi connectivity index (χ3n) is 5.34. The Kier molecular flexibility index (Phi) is 4.18. The van der Waals surface area contributed by atoms with E-state index in [0.717, 1.165) is 18.3 Å². The maximum Gasteiger partial charge on any atom is 0.416 e. The Morgan fingerprint density at radius 2 is 1.89 bits per heavy atom. The molecule has 0 saturated carbocycles. The first-order valence-electron chi connectivity index (χ1n) is 8.68. The molecule has 0 radical (unpaired) electrons. The third-order valence-corrected chi connectivity index (χ3v) is 5.34. The van der Waals surface area contributed by atoms with E-state index in [4.69, 9.17) is 0 Å². The van der Waals surface area contributed by atoms with Crippen LogP contribution in [0.4, 0.5) is 17.6 Å². The van der Waals surface area contributed by atoms with Crippen LogP contribution in [0.5, 0.6) is 0 Å². The topological polar surface area (TPSA) is 54.0 Å². The maximum atomic E-state index is 14.3. The van der Waals surface area contributed by atoms with Crippen molar-refractivity contribution < 1.29 is 22.4 Å². The number of alkyl halides is 3. The van der Waals surface area contributed by atoms with E-state index in [0.29, 0.717) is 37.1 Å². The largest absolute Gasteiger partial charge is 0.416 e. The van der Waals surface area contributed by atoms with Gasteiger partial charge in [0.05, 0.1) is 23.5 Å². The van der Waals surface area contributed by atoms with Crippen LogP contribution in [-0.2, 0) is 11.0 Å². The monoisotopic (exact) mass is 379 g/mol. The zero-order valence-corrected chi connectivity index (χ0v) is 14.2. The van der Waals surface area contributed by atoms with Crippen molar-refractivity contribution in [1.29, 1.82) is 0 Å². The Hall–Kier alpha value is -2.48. The minimum absolute atomic E-state index is 0.0323. The van der Waals surface area contributed by atoms with Crippen LogP contribution in [0.15, 0.2) is 36.5 Å². The Bertz CT molecular complexity index is 882. The summed E-state index contributed by atoms with van der Waals surface area (Å²) in [5.74, 6) is -0.639. The van der Waals surface area contributed by atoms with Gasteiger partial charge < -0.3 is 5.32 Å². The van der Waals surface area contributed by atoms with E-state index >= 15 is 0 Å². The van der Waals surface area contributed by atoms with Crippen molar-refractivity contribution in [3.8, 4) is 11.1 Å². The lowest BCUT2D eigenvalue weighted by molar-refractivity contribution is -0.137. The van der Waals surface area contributed by atoms with Crippen molar-refractivity contribution in [2.24, 2.45) is 0 Å². The van der Waals surface area contributed by atoms with Crippen LogP contribution < -0.4 is 10.6 Å². The summed E-state index contributed by atoms with van der Waals surface area (Å²) in [5, 5.41) is 6.13. The molecule has 27 heavy (non-hydrogen) atoms. The van der Waals surface area contributed by atoms with Gasteiger partial charge in [-0.1, -0.05) is 12.1 Å². The number of nitrogens with zero attached hydrogens (tertiary/aromatic N) is 1. The maximum absolute atomic E-state index is 14.3. The van der Waals surface area contributed by atoms with Crippen molar-refractivity contribution in [3.63, 3.8) is 0 Å². The van der Waals surface area contributed by atoms with Crippen molar-refractivity contribution in [1.82, 2.24) is 15.6 Å². The fourth-order valence-corrected chi connectivity index (χ4v) is 3.84. The van der Waals surface area contributed by atoms with E-state index in [1.165, 1.54) is 12.1 Å². The third kappa shape index (κ3) is 3.18. The predicted octanol–water partition coefficient (Wildman–Crippen LogP) is 3.59. The second kappa shape index (κ2) is 6.30. The number of halogens is 4. The molecule has 1 aromatic carbocycles. The lowest BCUT2D eigenvalue weighted by atomic mass is 9.96. The van der Waals surface area contributed by atoms with E-state index in [2.05, 4.69) is 15.6 Å². The lowest BCUT2D eigenvalue weighted by Crippen LogP contribution is -2.47. The highest BCUT2D eigenvalue weighted by atomic mass is 19.4. The summed E-state index contributed by atoms with van der Waals surface area (Å²) >= 11 is 0. The van der Waals surface area contributed by atoms with Crippen LogP contribution in [0.3, 0.4) is 0 Å². The number of amides is 1. The van der Waals surface area contributed by atoms with Crippen molar-refractivity contribution in [2.75, 3.05) is 6.54 Å². The van der Waals surface area contributed by atoms with Crippen molar-refractivity contribution in [3.05, 3.63) is 53.6 Å². The van der Waals surface area contributed by atoms with Gasteiger partial charge in [-0.3, -0.25) is 15.1 Å². The predicted molar refractivity (Wildman–Crippen MR) is 90.1 cm³/mol. The standard InChI is InChI=1S/C19H17F4N3O/c20-14-10-25-16(15-5-6-18(26-15)7-8-24-17(18)27)9-13(14)11-1-3-12(4-2-11)19(21,22)23/h1-4,9-10,15,26H,5-8H2,(H,24,27)/t15-,18+/m0/s1. The van der Waals surface area contributed by atoms with Gasteiger partial charge in [0.1, 0.15) is 11.4 Å². The van der Waals surface area contributed by atoms with E-state index in [1.807, 2.05) is 0 Å². The zero-order valence-electron chi connectivity index (χ0n) is 14.2. The number of carbonyl (C=O) groups is 1. The first kappa shape index (κ1) is 17.9. The van der Waals surface area contributed by atoms with Gasteiger partial charge in [0.15, 0.2) is 0 Å². The van der Waals surface area contributed by atoms with Crippen molar-refractivity contribution >= 4 is 5.91 Å². The minimum atomic E-state index is -4.44. The van der Waals surface area contributed by atoms with Gasteiger partial charge in [0.25, 0.3) is 0 Å². The average Bonchev–Trinajstić information content (AvgIpc) is 3.22. The van der Waals surface area contributed by atoms with Gasteiger partial charge in [-0.05, 0) is 43.0 Å². The molecule has 2 aliphatic heterocycles. The van der Waals surface area contributed by atoms with Crippen LogP contribution >= 0.6 is 0 Å². The summed E-state index contributed by atoms with van der Waals surface area (Å²) in [4.78, 5) is 16.2. The molecular weight excluding hydrogens is 362 g/mol. The van der Waals surface area contributed by atoms with Gasteiger partial charge in [-0.15, -0.1) is 0 Å². The number of hydrogen-bond acceptors (Lipinski definition) is 3. The van der Waals surface area contributed by atoms with Crippen LogP contribution in [0.1, 0.15) is 36.6 Å². The molecule has 2 aliphatic rings. The molecular formula is C19H17F4N3O. The highest BCUT2D eigenvalue weighted by Crippen LogP contribution is 2.38. The number of rotatable bonds is 2. The highest BCUT2D eigenvalue weighted by molar-refractivity contribution is 5.88. The molecule has 0 bridgehead atoms. The first-order valence-corrected chi connectivity index (χ1v) is 8.68. The molecule has 2 N–H and O–H groups in total. The van der Waals surface area contributed by atoms with Crippen LogP contribution in [0.25, 0.3) is 11.1 Å². The summed E-state index contributed by atoms with van der Waals surface area (Å²) in [7, 11) is 0. The number of pyridine rings is 1. The Labute approximate surface area is 153 Å². The normalized spacial score (nSPS) is 25.2. The molecule has 1 spiro atoms. The molecule has 2 saturated heterocycles. The molecule has 8 heteroatoms. The van der Waals surface area contributed by atoms with Gasteiger partial charge >= 0.3 is 6.18 Å². The molecule has 142 valence electrons. The lowest BCUT2D eigenvalue weighted by Gasteiger charge is -2.22. The number of carbonyl (C=O) groups excluding carboxylic acids is 1. The SMILES string of the molecule is O=C1NCC[C@]12CC[C@@H](c1cc(-c3ccc(C(F)(F)F)cc3)c(F)cn1)N2. The number of benzene rings is 1. The second-order valence-corrected chi connectivity index (χ2v) is 6.99. The molecule has 0 unspecified atom stereocenters. The Morgan fingerprint density at radius 3 is 2.52 bits per heavy atom. The second-order valence-electron chi connectivity index (χ2n) is 6.99. The van der Waals surface area contributed by atoms with E-state index in [9.17, 15) is 22.4 Å². The van der Waals surface area contributed by atoms with E-state index < -0.39 is 23.1 Å². The molecule has 1 amide bonds. The number of nitrogens with one attached hydrogen (secondary N) is 2. The number of aromatic nitrogens is 1. The fourth-order valence-electron chi connectivity index (χ4n) is 3.84. The number of hydrogen-bond donors (Lipinski definition) is 2. The minimum Gasteiger partial charge on any atom is -0.354 e. The molecule has 2 aromatic rings. The molecule has 1 aromatic heterocycles. The molecule has 4 rings (SSSR count). The highest BCUT2D eigenvalue weighted by Gasteiger charge is 2.48. The first-order chi connectivity index (χ1) is 12.8. The molecule has 2 fully saturated rings. The summed E-state index contributed by atoms with van der Waals surface area (Å²) in [6.07, 6.45) is -1.33. The van der Waals surface area contributed by atoms with Crippen molar-refractivity contribution in [2.45, 2.75) is 37.0 Å². The van der Waals surface area contributed by atoms with Gasteiger partial charge in [-0.2, -0.15) is 13.2 Å². The summed E-state index contributed by atoms with van der Waals surface area (Å²) in [6, 6.07) is 5.70. The average molecular weight is 379 g/mol. The van der Waals surface area contributed by atoms with Gasteiger partial charge in [0, 0.05) is 12.1 Å². The molecule has 4 nitrogen and oxygen atoms in total. The molecule has 3 heterocycles. The zero-order chi connectivity index (χ0) is 19.2. The smallest absolute Gasteiger partial charge is 0.354 e. The Balaban J connectivity index is 1.62.